The van der Waals surface area contributed by atoms with Gasteiger partial charge >= 0.3 is 0 Å². The number of nitrogens with zero attached hydrogens (tertiary/aromatic N) is 2. The van der Waals surface area contributed by atoms with Gasteiger partial charge in [-0.1, -0.05) is 0 Å². The zero-order chi connectivity index (χ0) is 13.8. The molecule has 1 amide bonds. The monoisotopic (exact) mass is 305 g/mol. The normalized spacial score (nSPS) is 26.9. The van der Waals surface area contributed by atoms with Crippen molar-refractivity contribution in [3.63, 3.8) is 0 Å². The Morgan fingerprint density at radius 1 is 1.35 bits per heavy atom. The number of piperidine rings is 1. The van der Waals surface area contributed by atoms with E-state index >= 15 is 0 Å². The van der Waals surface area contributed by atoms with Crippen LogP contribution in [0.2, 0.25) is 0 Å². The molecule has 0 aliphatic carbocycles. The van der Waals surface area contributed by atoms with E-state index in [2.05, 4.69) is 17.1 Å². The number of halogens is 1. The molecule has 2 aliphatic heterocycles. The highest BCUT2D eigenvalue weighted by molar-refractivity contribution is 5.85. The van der Waals surface area contributed by atoms with Crippen LogP contribution >= 0.6 is 12.4 Å². The summed E-state index contributed by atoms with van der Waals surface area (Å²) in [5, 5.41) is 12.8. The lowest BCUT2D eigenvalue weighted by atomic mass is 9.96. The SMILES string of the molecule is CC(O)CN1CCN(C(=O)C2CCNCC2)CC1C.Cl. The molecule has 0 bridgehead atoms. The Morgan fingerprint density at radius 3 is 2.55 bits per heavy atom. The molecule has 0 radical (unpaired) electrons. The average molecular weight is 306 g/mol. The topological polar surface area (TPSA) is 55.8 Å². The maximum absolute atomic E-state index is 12.5. The van der Waals surface area contributed by atoms with Crippen molar-refractivity contribution in [2.45, 2.75) is 38.8 Å². The summed E-state index contributed by atoms with van der Waals surface area (Å²) in [7, 11) is 0. The summed E-state index contributed by atoms with van der Waals surface area (Å²) in [6.07, 6.45) is 1.65. The number of hydrogen-bond acceptors (Lipinski definition) is 4. The zero-order valence-electron chi connectivity index (χ0n) is 12.5. The number of aliphatic hydroxyl groups is 1. The molecule has 2 aliphatic rings. The lowest BCUT2D eigenvalue weighted by molar-refractivity contribution is -0.139. The Morgan fingerprint density at radius 2 is 2.00 bits per heavy atom. The molecule has 2 unspecified atom stereocenters. The minimum atomic E-state index is -0.297. The fourth-order valence-corrected chi connectivity index (χ4v) is 3.13. The summed E-state index contributed by atoms with van der Waals surface area (Å²) in [5.41, 5.74) is 0. The minimum absolute atomic E-state index is 0. The third kappa shape index (κ3) is 4.58. The van der Waals surface area contributed by atoms with Crippen molar-refractivity contribution >= 4 is 18.3 Å². The highest BCUT2D eigenvalue weighted by Crippen LogP contribution is 2.18. The van der Waals surface area contributed by atoms with E-state index in [1.165, 1.54) is 0 Å². The molecule has 6 heteroatoms. The van der Waals surface area contributed by atoms with E-state index in [9.17, 15) is 9.90 Å². The lowest BCUT2D eigenvalue weighted by Crippen LogP contribution is -2.56. The van der Waals surface area contributed by atoms with Crippen LogP contribution in [0.4, 0.5) is 0 Å². The molecule has 0 aromatic heterocycles. The number of aliphatic hydroxyl groups excluding tert-OH is 1. The maximum Gasteiger partial charge on any atom is 0.225 e. The van der Waals surface area contributed by atoms with Crippen LogP contribution in [-0.2, 0) is 4.79 Å². The molecule has 2 atom stereocenters. The van der Waals surface area contributed by atoms with E-state index in [0.717, 1.165) is 45.6 Å². The molecule has 0 aromatic rings. The molecule has 5 nitrogen and oxygen atoms in total. The van der Waals surface area contributed by atoms with Crippen LogP contribution in [0.1, 0.15) is 26.7 Å². The Balaban J connectivity index is 0.00000200. The van der Waals surface area contributed by atoms with Crippen LogP contribution in [0.15, 0.2) is 0 Å². The van der Waals surface area contributed by atoms with Gasteiger partial charge in [0.1, 0.15) is 0 Å². The molecule has 118 valence electrons. The number of carbonyl (C=O) groups excluding carboxylic acids is 1. The van der Waals surface area contributed by atoms with E-state index in [1.54, 1.807) is 0 Å². The van der Waals surface area contributed by atoms with Gasteiger partial charge in [0.25, 0.3) is 0 Å². The fourth-order valence-electron chi connectivity index (χ4n) is 3.13. The van der Waals surface area contributed by atoms with Crippen molar-refractivity contribution in [3.8, 4) is 0 Å². The van der Waals surface area contributed by atoms with E-state index in [1.807, 2.05) is 11.8 Å². The van der Waals surface area contributed by atoms with Crippen LogP contribution in [-0.4, -0.2) is 72.2 Å². The van der Waals surface area contributed by atoms with Crippen molar-refractivity contribution < 1.29 is 9.90 Å². The first-order valence-corrected chi connectivity index (χ1v) is 7.49. The second-order valence-electron chi connectivity index (χ2n) is 6.00. The van der Waals surface area contributed by atoms with Gasteiger partial charge in [-0.15, -0.1) is 12.4 Å². The molecule has 0 aromatic carbocycles. The molecule has 0 saturated carbocycles. The summed E-state index contributed by atoms with van der Waals surface area (Å²) >= 11 is 0. The summed E-state index contributed by atoms with van der Waals surface area (Å²) in [6, 6.07) is 0.342. The number of carbonyl (C=O) groups is 1. The smallest absolute Gasteiger partial charge is 0.225 e. The summed E-state index contributed by atoms with van der Waals surface area (Å²) < 4.78 is 0. The van der Waals surface area contributed by atoms with Crippen molar-refractivity contribution in [2.24, 2.45) is 5.92 Å². The van der Waals surface area contributed by atoms with Gasteiger partial charge in [0.05, 0.1) is 6.10 Å². The van der Waals surface area contributed by atoms with E-state index in [-0.39, 0.29) is 24.4 Å². The molecule has 2 rings (SSSR count). The quantitative estimate of drug-likeness (QED) is 0.788. The summed E-state index contributed by atoms with van der Waals surface area (Å²) in [5.74, 6) is 0.557. The Hall–Kier alpha value is -0.360. The van der Waals surface area contributed by atoms with Crippen molar-refractivity contribution in [3.05, 3.63) is 0 Å². The van der Waals surface area contributed by atoms with Gasteiger partial charge in [0, 0.05) is 38.1 Å². The van der Waals surface area contributed by atoms with Crippen LogP contribution < -0.4 is 5.32 Å². The van der Waals surface area contributed by atoms with Gasteiger partial charge in [-0.25, -0.2) is 0 Å². The highest BCUT2D eigenvalue weighted by atomic mass is 35.5. The molecular formula is C14H28ClN3O2. The van der Waals surface area contributed by atoms with Gasteiger partial charge in [0.2, 0.25) is 5.91 Å². The highest BCUT2D eigenvalue weighted by Gasteiger charge is 2.31. The molecule has 2 saturated heterocycles. The van der Waals surface area contributed by atoms with E-state index in [0.29, 0.717) is 18.5 Å². The second kappa shape index (κ2) is 8.17. The number of piperazine rings is 1. The molecule has 20 heavy (non-hydrogen) atoms. The molecular weight excluding hydrogens is 278 g/mol. The van der Waals surface area contributed by atoms with E-state index < -0.39 is 0 Å². The fraction of sp³-hybridized carbons (Fsp3) is 0.929. The maximum atomic E-state index is 12.5. The average Bonchev–Trinajstić information content (AvgIpc) is 2.41. The Kier molecular flexibility index (Phi) is 7.23. The molecule has 2 N–H and O–H groups in total. The summed E-state index contributed by atoms with van der Waals surface area (Å²) in [4.78, 5) is 16.8. The van der Waals surface area contributed by atoms with Crippen molar-refractivity contribution in [2.75, 3.05) is 39.3 Å². The number of amides is 1. The Bertz CT molecular complexity index is 309. The van der Waals surface area contributed by atoms with Crippen LogP contribution in [0.5, 0.6) is 0 Å². The predicted octanol–water partition coefficient (Wildman–Crippen LogP) is 0.321. The predicted molar refractivity (Wildman–Crippen MR) is 82.1 cm³/mol. The van der Waals surface area contributed by atoms with Gasteiger partial charge < -0.3 is 15.3 Å². The van der Waals surface area contributed by atoms with Gasteiger partial charge in [0.15, 0.2) is 0 Å². The van der Waals surface area contributed by atoms with Gasteiger partial charge in [-0.3, -0.25) is 9.69 Å². The van der Waals surface area contributed by atoms with Gasteiger partial charge in [-0.2, -0.15) is 0 Å². The van der Waals surface area contributed by atoms with Crippen LogP contribution in [0, 0.1) is 5.92 Å². The molecule has 0 spiro atoms. The standard InChI is InChI=1S/C14H27N3O2.ClH/c1-11-9-17(8-7-16(11)10-12(2)18)14(19)13-3-5-15-6-4-13;/h11-13,15,18H,3-10H2,1-2H3;1H. The van der Waals surface area contributed by atoms with Crippen molar-refractivity contribution in [1.29, 1.82) is 0 Å². The zero-order valence-corrected chi connectivity index (χ0v) is 13.4. The van der Waals surface area contributed by atoms with Crippen LogP contribution in [0.3, 0.4) is 0 Å². The number of hydrogen-bond donors (Lipinski definition) is 2. The minimum Gasteiger partial charge on any atom is -0.392 e. The number of β-amino-alcohol motifs (C(OH)–C–C–N with tert-alkyl or cyclic N) is 1. The summed E-state index contributed by atoms with van der Waals surface area (Å²) in [6.45, 7) is 9.08. The third-order valence-corrected chi connectivity index (χ3v) is 4.26. The number of nitrogens with one attached hydrogen (secondary N) is 1. The Labute approximate surface area is 128 Å². The number of rotatable bonds is 3. The van der Waals surface area contributed by atoms with E-state index in [4.69, 9.17) is 0 Å². The first kappa shape index (κ1) is 17.7. The first-order valence-electron chi connectivity index (χ1n) is 7.49. The third-order valence-electron chi connectivity index (χ3n) is 4.26. The van der Waals surface area contributed by atoms with Crippen LogP contribution in [0.25, 0.3) is 0 Å². The molecule has 2 fully saturated rings. The molecule has 2 heterocycles. The first-order chi connectivity index (χ1) is 9.08. The van der Waals surface area contributed by atoms with Gasteiger partial charge in [-0.05, 0) is 39.8 Å². The lowest BCUT2D eigenvalue weighted by Gasteiger charge is -2.41. The largest absolute Gasteiger partial charge is 0.392 e. The second-order valence-corrected chi connectivity index (χ2v) is 6.00. The van der Waals surface area contributed by atoms with Crippen molar-refractivity contribution in [1.82, 2.24) is 15.1 Å².